The molecule has 19 heavy (non-hydrogen) atoms. The number of hydrogen-bond donors (Lipinski definition) is 2. The molecule has 0 amide bonds. The number of guanidine groups is 1. The lowest BCUT2D eigenvalue weighted by molar-refractivity contribution is 0.684. The third-order valence-corrected chi connectivity index (χ3v) is 3.47. The molecular formula is C15H24IN3. The molecule has 0 spiro atoms. The Balaban J connectivity index is 0.00000180. The van der Waals surface area contributed by atoms with Gasteiger partial charge in [0.2, 0.25) is 0 Å². The lowest BCUT2D eigenvalue weighted by atomic mass is 10.1. The standard InChI is InChI=1S/C15H23N3.HI/c1-12-5-3-4-6-14(12)11-18-15(16-2)17-10-9-13-7-8-13;/h3-6,13H,7-11H2,1-2H3,(H2,16,17,18);1H. The maximum absolute atomic E-state index is 4.24. The molecular weight excluding hydrogens is 349 g/mol. The quantitative estimate of drug-likeness (QED) is 0.473. The first-order valence-electron chi connectivity index (χ1n) is 6.78. The van der Waals surface area contributed by atoms with Gasteiger partial charge < -0.3 is 10.6 Å². The fraction of sp³-hybridized carbons (Fsp3) is 0.533. The summed E-state index contributed by atoms with van der Waals surface area (Å²) in [7, 11) is 1.82. The molecule has 106 valence electrons. The van der Waals surface area contributed by atoms with Gasteiger partial charge in [0, 0.05) is 20.1 Å². The summed E-state index contributed by atoms with van der Waals surface area (Å²) in [4.78, 5) is 4.24. The van der Waals surface area contributed by atoms with Crippen molar-refractivity contribution >= 4 is 29.9 Å². The van der Waals surface area contributed by atoms with Crippen LogP contribution in [0.15, 0.2) is 29.3 Å². The molecule has 1 aromatic carbocycles. The zero-order valence-electron chi connectivity index (χ0n) is 11.8. The molecule has 1 fully saturated rings. The van der Waals surface area contributed by atoms with E-state index in [-0.39, 0.29) is 24.0 Å². The molecule has 1 aliphatic rings. The van der Waals surface area contributed by atoms with E-state index in [1.165, 1.54) is 30.4 Å². The van der Waals surface area contributed by atoms with Gasteiger partial charge in [-0.1, -0.05) is 37.1 Å². The van der Waals surface area contributed by atoms with Gasteiger partial charge >= 0.3 is 0 Å². The highest BCUT2D eigenvalue weighted by molar-refractivity contribution is 14.0. The van der Waals surface area contributed by atoms with Gasteiger partial charge in [0.05, 0.1) is 0 Å². The zero-order chi connectivity index (χ0) is 12.8. The summed E-state index contributed by atoms with van der Waals surface area (Å²) < 4.78 is 0. The second-order valence-corrected chi connectivity index (χ2v) is 5.01. The van der Waals surface area contributed by atoms with Crippen LogP contribution in [0.2, 0.25) is 0 Å². The van der Waals surface area contributed by atoms with Gasteiger partial charge in [0.25, 0.3) is 0 Å². The van der Waals surface area contributed by atoms with E-state index in [1.54, 1.807) is 0 Å². The van der Waals surface area contributed by atoms with Crippen molar-refractivity contribution in [1.82, 2.24) is 10.6 Å². The first kappa shape index (κ1) is 16.3. The van der Waals surface area contributed by atoms with E-state index >= 15 is 0 Å². The Morgan fingerprint density at radius 1 is 1.26 bits per heavy atom. The number of aliphatic imine (C=N–C) groups is 1. The molecule has 0 aliphatic heterocycles. The van der Waals surface area contributed by atoms with Gasteiger partial charge in [-0.15, -0.1) is 24.0 Å². The topological polar surface area (TPSA) is 36.4 Å². The number of benzene rings is 1. The summed E-state index contributed by atoms with van der Waals surface area (Å²) in [5.74, 6) is 1.87. The monoisotopic (exact) mass is 373 g/mol. The minimum absolute atomic E-state index is 0. The van der Waals surface area contributed by atoms with Crippen molar-refractivity contribution in [2.75, 3.05) is 13.6 Å². The minimum atomic E-state index is 0. The van der Waals surface area contributed by atoms with Crippen molar-refractivity contribution in [1.29, 1.82) is 0 Å². The van der Waals surface area contributed by atoms with Gasteiger partial charge in [-0.2, -0.15) is 0 Å². The van der Waals surface area contributed by atoms with Gasteiger partial charge in [0.15, 0.2) is 5.96 Å². The van der Waals surface area contributed by atoms with E-state index in [4.69, 9.17) is 0 Å². The zero-order valence-corrected chi connectivity index (χ0v) is 14.1. The van der Waals surface area contributed by atoms with E-state index in [0.717, 1.165) is 25.0 Å². The molecule has 0 heterocycles. The molecule has 0 radical (unpaired) electrons. The summed E-state index contributed by atoms with van der Waals surface area (Å²) in [6.45, 7) is 3.99. The molecule has 1 aromatic rings. The predicted molar refractivity (Wildman–Crippen MR) is 92.1 cm³/mol. The number of rotatable bonds is 5. The molecule has 2 rings (SSSR count). The fourth-order valence-electron chi connectivity index (χ4n) is 2.01. The van der Waals surface area contributed by atoms with Crippen molar-refractivity contribution in [3.05, 3.63) is 35.4 Å². The number of nitrogens with one attached hydrogen (secondary N) is 2. The van der Waals surface area contributed by atoms with E-state index < -0.39 is 0 Å². The molecule has 1 aliphatic carbocycles. The first-order chi connectivity index (χ1) is 8.79. The SMILES string of the molecule is CN=C(NCCC1CC1)NCc1ccccc1C.I. The van der Waals surface area contributed by atoms with E-state index in [0.29, 0.717) is 0 Å². The highest BCUT2D eigenvalue weighted by Gasteiger charge is 2.20. The van der Waals surface area contributed by atoms with Gasteiger partial charge in [-0.3, -0.25) is 4.99 Å². The van der Waals surface area contributed by atoms with Gasteiger partial charge in [-0.05, 0) is 30.4 Å². The summed E-state index contributed by atoms with van der Waals surface area (Å²) in [6.07, 6.45) is 4.10. The predicted octanol–water partition coefficient (Wildman–Crippen LogP) is 3.08. The summed E-state index contributed by atoms with van der Waals surface area (Å²) in [5.41, 5.74) is 2.64. The molecule has 0 bridgehead atoms. The average molecular weight is 373 g/mol. The Kier molecular flexibility index (Phi) is 7.20. The normalized spacial score (nSPS) is 14.7. The summed E-state index contributed by atoms with van der Waals surface area (Å²) >= 11 is 0. The molecule has 3 nitrogen and oxygen atoms in total. The molecule has 0 atom stereocenters. The molecule has 4 heteroatoms. The van der Waals surface area contributed by atoms with Gasteiger partial charge in [0.1, 0.15) is 0 Å². The van der Waals surface area contributed by atoms with Crippen LogP contribution in [0.5, 0.6) is 0 Å². The van der Waals surface area contributed by atoms with Crippen molar-refractivity contribution in [3.63, 3.8) is 0 Å². The van der Waals surface area contributed by atoms with Crippen LogP contribution < -0.4 is 10.6 Å². The lowest BCUT2D eigenvalue weighted by Gasteiger charge is -2.12. The number of nitrogens with zero attached hydrogens (tertiary/aromatic N) is 1. The van der Waals surface area contributed by atoms with E-state index in [2.05, 4.69) is 46.8 Å². The Morgan fingerprint density at radius 2 is 2.00 bits per heavy atom. The van der Waals surface area contributed by atoms with Crippen LogP contribution in [0, 0.1) is 12.8 Å². The van der Waals surface area contributed by atoms with Crippen molar-refractivity contribution < 1.29 is 0 Å². The number of aryl methyl sites for hydroxylation is 1. The highest BCUT2D eigenvalue weighted by Crippen LogP contribution is 2.31. The largest absolute Gasteiger partial charge is 0.356 e. The fourth-order valence-corrected chi connectivity index (χ4v) is 2.01. The van der Waals surface area contributed by atoms with Crippen molar-refractivity contribution in [2.45, 2.75) is 32.7 Å². The highest BCUT2D eigenvalue weighted by atomic mass is 127. The Labute approximate surface area is 133 Å². The molecule has 1 saturated carbocycles. The maximum Gasteiger partial charge on any atom is 0.191 e. The number of hydrogen-bond acceptors (Lipinski definition) is 1. The Bertz CT molecular complexity index is 414. The smallest absolute Gasteiger partial charge is 0.191 e. The van der Waals surface area contributed by atoms with Gasteiger partial charge in [-0.25, -0.2) is 0 Å². The van der Waals surface area contributed by atoms with E-state index in [9.17, 15) is 0 Å². The second-order valence-electron chi connectivity index (χ2n) is 5.01. The van der Waals surface area contributed by atoms with Crippen LogP contribution >= 0.6 is 24.0 Å². The molecule has 0 aromatic heterocycles. The van der Waals surface area contributed by atoms with Crippen LogP contribution in [-0.4, -0.2) is 19.6 Å². The van der Waals surface area contributed by atoms with Crippen LogP contribution in [0.1, 0.15) is 30.4 Å². The average Bonchev–Trinajstić information content (AvgIpc) is 3.19. The molecule has 0 saturated heterocycles. The number of halogens is 1. The van der Waals surface area contributed by atoms with Crippen LogP contribution in [0.4, 0.5) is 0 Å². The summed E-state index contributed by atoms with van der Waals surface area (Å²) in [5, 5.41) is 6.73. The minimum Gasteiger partial charge on any atom is -0.356 e. The van der Waals surface area contributed by atoms with Crippen LogP contribution in [-0.2, 0) is 6.54 Å². The van der Waals surface area contributed by atoms with Crippen LogP contribution in [0.3, 0.4) is 0 Å². The lowest BCUT2D eigenvalue weighted by Crippen LogP contribution is -2.37. The van der Waals surface area contributed by atoms with Crippen molar-refractivity contribution in [3.8, 4) is 0 Å². The van der Waals surface area contributed by atoms with E-state index in [1.807, 2.05) is 7.05 Å². The Morgan fingerprint density at radius 3 is 2.63 bits per heavy atom. The summed E-state index contributed by atoms with van der Waals surface area (Å²) in [6, 6.07) is 8.44. The third-order valence-electron chi connectivity index (χ3n) is 3.47. The maximum atomic E-state index is 4.24. The first-order valence-corrected chi connectivity index (χ1v) is 6.78. The Hall–Kier alpha value is -0.780. The second kappa shape index (κ2) is 8.40. The molecule has 2 N–H and O–H groups in total. The van der Waals surface area contributed by atoms with Crippen molar-refractivity contribution in [2.24, 2.45) is 10.9 Å². The van der Waals surface area contributed by atoms with Crippen LogP contribution in [0.25, 0.3) is 0 Å². The third kappa shape index (κ3) is 5.80. The molecule has 0 unspecified atom stereocenters.